The summed E-state index contributed by atoms with van der Waals surface area (Å²) in [6.45, 7) is -0.932. The van der Waals surface area contributed by atoms with Gasteiger partial charge in [0.1, 0.15) is 11.9 Å². The molecule has 3 N–H and O–H groups in total. The number of ether oxygens (including phenoxy) is 1. The molecule has 0 aromatic carbocycles. The summed E-state index contributed by atoms with van der Waals surface area (Å²) in [5.74, 6) is 0.385. The first-order chi connectivity index (χ1) is 12.5. The lowest BCUT2D eigenvalue weighted by atomic mass is 9.95. The molecule has 1 saturated heterocycles. The molecule has 0 radical (unpaired) electrons. The van der Waals surface area contributed by atoms with E-state index in [1.54, 1.807) is 0 Å². The van der Waals surface area contributed by atoms with Gasteiger partial charge in [0.05, 0.1) is 6.61 Å². The van der Waals surface area contributed by atoms with Crippen molar-refractivity contribution in [3.8, 4) is 0 Å². The zero-order chi connectivity index (χ0) is 18.7. The summed E-state index contributed by atoms with van der Waals surface area (Å²) < 4.78 is 20.5. The summed E-state index contributed by atoms with van der Waals surface area (Å²) in [7, 11) is 0. The van der Waals surface area contributed by atoms with E-state index < -0.39 is 36.5 Å². The number of hydrogen-bond donors (Lipinski definition) is 3. The van der Waals surface area contributed by atoms with E-state index in [2.05, 4.69) is 20.3 Å². The van der Waals surface area contributed by atoms with E-state index in [0.29, 0.717) is 5.82 Å². The Hall–Kier alpha value is -2.20. The summed E-state index contributed by atoms with van der Waals surface area (Å²) in [5, 5.41) is 25.7. The quantitative estimate of drug-likeness (QED) is 0.405. The summed E-state index contributed by atoms with van der Waals surface area (Å²) in [6, 6.07) is 1.77. The highest BCUT2D eigenvalue weighted by atomic mass is 19.1. The lowest BCUT2D eigenvalue weighted by Crippen LogP contribution is -2.43. The number of azide groups is 1. The second-order valence-electron chi connectivity index (χ2n) is 6.57. The first-order valence-corrected chi connectivity index (χ1v) is 8.53. The van der Waals surface area contributed by atoms with Crippen LogP contribution in [0.2, 0.25) is 0 Å². The largest absolute Gasteiger partial charge is 0.393 e. The first kappa shape index (κ1) is 18.6. The van der Waals surface area contributed by atoms with Crippen molar-refractivity contribution in [3.05, 3.63) is 33.2 Å². The average Bonchev–Trinajstić information content (AvgIpc) is 2.89. The van der Waals surface area contributed by atoms with Gasteiger partial charge in [0.2, 0.25) is 5.72 Å². The summed E-state index contributed by atoms with van der Waals surface area (Å²) in [4.78, 5) is 18.7. The average molecular weight is 368 g/mol. The summed E-state index contributed by atoms with van der Waals surface area (Å²) in [5.41, 5.74) is 5.61. The van der Waals surface area contributed by atoms with Crippen LogP contribution in [-0.4, -0.2) is 50.4 Å². The molecule has 2 aliphatic rings. The molecule has 3 rings (SSSR count). The van der Waals surface area contributed by atoms with Crippen LogP contribution >= 0.6 is 0 Å². The fraction of sp³-hybridized carbons (Fsp3) is 0.733. The third-order valence-electron chi connectivity index (χ3n) is 4.86. The second-order valence-corrected chi connectivity index (χ2v) is 6.57. The highest BCUT2D eigenvalue weighted by Crippen LogP contribution is 2.39. The number of aliphatic hydroxyl groups is 2. The van der Waals surface area contributed by atoms with Crippen molar-refractivity contribution in [3.63, 3.8) is 0 Å². The van der Waals surface area contributed by atoms with E-state index in [-0.39, 0.29) is 6.04 Å². The maximum absolute atomic E-state index is 14.5. The van der Waals surface area contributed by atoms with Crippen LogP contribution in [0.15, 0.2) is 22.2 Å². The molecule has 0 amide bonds. The van der Waals surface area contributed by atoms with E-state index in [1.165, 1.54) is 18.7 Å². The Kier molecular flexibility index (Phi) is 5.42. The van der Waals surface area contributed by atoms with E-state index in [9.17, 15) is 19.4 Å². The molecule has 2 fully saturated rings. The van der Waals surface area contributed by atoms with E-state index >= 15 is 0 Å². The summed E-state index contributed by atoms with van der Waals surface area (Å²) in [6.07, 6.45) is 1.18. The normalized spacial score (nSPS) is 32.2. The van der Waals surface area contributed by atoms with Crippen LogP contribution < -0.4 is 11.0 Å². The van der Waals surface area contributed by atoms with Crippen molar-refractivity contribution < 1.29 is 19.3 Å². The number of anilines is 1. The Bertz CT molecular complexity index is 748. The topological polar surface area (TPSA) is 145 Å². The third-order valence-corrected chi connectivity index (χ3v) is 4.86. The van der Waals surface area contributed by atoms with Crippen molar-refractivity contribution in [2.24, 2.45) is 5.11 Å². The minimum Gasteiger partial charge on any atom is -0.393 e. The van der Waals surface area contributed by atoms with Gasteiger partial charge < -0.3 is 20.3 Å². The molecule has 1 saturated carbocycles. The molecule has 10 nitrogen and oxygen atoms in total. The number of hydrogen-bond acceptors (Lipinski definition) is 7. The van der Waals surface area contributed by atoms with Crippen LogP contribution in [0.3, 0.4) is 0 Å². The van der Waals surface area contributed by atoms with Gasteiger partial charge in [-0.05, 0) is 24.4 Å². The Labute approximate surface area is 148 Å². The molecule has 11 heteroatoms. The Balaban J connectivity index is 1.81. The van der Waals surface area contributed by atoms with Gasteiger partial charge in [0, 0.05) is 17.2 Å². The first-order valence-electron chi connectivity index (χ1n) is 8.53. The molecule has 1 aromatic heterocycles. The van der Waals surface area contributed by atoms with Crippen molar-refractivity contribution in [2.75, 3.05) is 11.9 Å². The number of nitrogens with zero attached hydrogens (tertiary/aromatic N) is 5. The molecule has 26 heavy (non-hydrogen) atoms. The van der Waals surface area contributed by atoms with E-state index in [4.69, 9.17) is 10.3 Å². The molecule has 142 valence electrons. The van der Waals surface area contributed by atoms with Gasteiger partial charge in [0.25, 0.3) is 0 Å². The SMILES string of the molecule is [N-]=[N+]=N[C@]1(CO)O[C@@H](n2ccc(NC3CCCCC3)nc2=O)[C@@H](F)C1O. The highest BCUT2D eigenvalue weighted by Gasteiger charge is 2.56. The lowest BCUT2D eigenvalue weighted by molar-refractivity contribution is -0.124. The number of nitrogens with one attached hydrogen (secondary N) is 1. The van der Waals surface area contributed by atoms with Crippen LogP contribution in [0.25, 0.3) is 10.4 Å². The van der Waals surface area contributed by atoms with Gasteiger partial charge in [-0.3, -0.25) is 4.57 Å². The monoisotopic (exact) mass is 368 g/mol. The predicted molar refractivity (Wildman–Crippen MR) is 89.0 cm³/mol. The van der Waals surface area contributed by atoms with Crippen LogP contribution in [0, 0.1) is 0 Å². The number of aliphatic hydroxyl groups excluding tert-OH is 2. The number of halogens is 1. The van der Waals surface area contributed by atoms with Crippen LogP contribution in [0.4, 0.5) is 10.2 Å². The molecule has 1 unspecified atom stereocenters. The number of aromatic nitrogens is 2. The Morgan fingerprint density at radius 2 is 2.23 bits per heavy atom. The Morgan fingerprint density at radius 1 is 1.50 bits per heavy atom. The van der Waals surface area contributed by atoms with Gasteiger partial charge in [-0.15, -0.1) is 0 Å². The second kappa shape index (κ2) is 7.58. The van der Waals surface area contributed by atoms with Crippen molar-refractivity contribution in [1.29, 1.82) is 0 Å². The predicted octanol–water partition coefficient (Wildman–Crippen LogP) is 1.21. The van der Waals surface area contributed by atoms with E-state index in [1.807, 2.05) is 0 Å². The number of alkyl halides is 1. The minimum absolute atomic E-state index is 0.247. The molecule has 1 aliphatic heterocycles. The standard InChI is InChI=1S/C15H21FN6O4/c16-11-12(24)15(8-23,20-21-17)26-13(11)22-7-6-10(19-14(22)25)18-9-4-2-1-3-5-9/h6-7,9,11-13,23-24H,1-5,8H2,(H,18,19,25)/t11-,12?,13+,15+/m0/s1. The number of rotatable bonds is 5. The minimum atomic E-state index is -2.18. The molecule has 2 heterocycles. The van der Waals surface area contributed by atoms with Crippen LogP contribution in [0.1, 0.15) is 38.3 Å². The fourth-order valence-corrected chi connectivity index (χ4v) is 3.42. The maximum atomic E-state index is 14.5. The zero-order valence-corrected chi connectivity index (χ0v) is 14.0. The van der Waals surface area contributed by atoms with E-state index in [0.717, 1.165) is 30.3 Å². The van der Waals surface area contributed by atoms with Crippen molar-refractivity contribution in [1.82, 2.24) is 9.55 Å². The molecule has 0 spiro atoms. The third kappa shape index (κ3) is 3.38. The van der Waals surface area contributed by atoms with Crippen LogP contribution in [0.5, 0.6) is 0 Å². The highest BCUT2D eigenvalue weighted by molar-refractivity contribution is 5.33. The smallest absolute Gasteiger partial charge is 0.351 e. The van der Waals surface area contributed by atoms with Crippen molar-refractivity contribution >= 4 is 5.82 Å². The molecule has 4 atom stereocenters. The molecule has 1 aliphatic carbocycles. The fourth-order valence-electron chi connectivity index (χ4n) is 3.42. The lowest BCUT2D eigenvalue weighted by Gasteiger charge is -2.24. The summed E-state index contributed by atoms with van der Waals surface area (Å²) >= 11 is 0. The van der Waals surface area contributed by atoms with Gasteiger partial charge in [-0.25, -0.2) is 9.18 Å². The van der Waals surface area contributed by atoms with Gasteiger partial charge in [0.15, 0.2) is 12.4 Å². The van der Waals surface area contributed by atoms with Gasteiger partial charge in [-0.1, -0.05) is 24.4 Å². The Morgan fingerprint density at radius 3 is 2.85 bits per heavy atom. The van der Waals surface area contributed by atoms with Gasteiger partial charge in [-0.2, -0.15) is 4.98 Å². The molecular weight excluding hydrogens is 347 g/mol. The van der Waals surface area contributed by atoms with Crippen LogP contribution in [-0.2, 0) is 4.74 Å². The molecule has 0 bridgehead atoms. The maximum Gasteiger partial charge on any atom is 0.351 e. The zero-order valence-electron chi connectivity index (χ0n) is 14.0. The van der Waals surface area contributed by atoms with Crippen molar-refractivity contribution in [2.45, 2.75) is 62.4 Å². The molecular formula is C15H21FN6O4. The molecule has 1 aromatic rings. The van der Waals surface area contributed by atoms with Gasteiger partial charge >= 0.3 is 5.69 Å².